The number of hydrogen-bond acceptors (Lipinski definition) is 3. The second-order valence-electron chi connectivity index (χ2n) is 9.13. The summed E-state index contributed by atoms with van der Waals surface area (Å²) in [5, 5.41) is 0. The topological polar surface area (TPSA) is 58.2 Å². The van der Waals surface area contributed by atoms with Gasteiger partial charge in [-0.3, -0.25) is 4.90 Å². The normalized spacial score (nSPS) is 28.0. The molecule has 1 amide bonds. The highest BCUT2D eigenvalue weighted by atomic mass is 16.6. The molecule has 1 aromatic rings. The molecule has 1 aliphatic heterocycles. The largest absolute Gasteiger partial charge is 0.444 e. The van der Waals surface area contributed by atoms with Gasteiger partial charge in [-0.25, -0.2) is 9.78 Å². The maximum absolute atomic E-state index is 12.9. The zero-order chi connectivity index (χ0) is 19.2. The van der Waals surface area contributed by atoms with Crippen molar-refractivity contribution in [3.8, 4) is 0 Å². The van der Waals surface area contributed by atoms with Crippen molar-refractivity contribution >= 4 is 19.5 Å². The maximum atomic E-state index is 12.9. The summed E-state index contributed by atoms with van der Waals surface area (Å²) in [6, 6.07) is -0.0304. The zero-order valence-corrected chi connectivity index (χ0v) is 16.5. The number of nitrogens with zero attached hydrogens (tertiary/aromatic N) is 2. The van der Waals surface area contributed by atoms with Crippen molar-refractivity contribution in [2.24, 2.45) is 11.8 Å². The first-order chi connectivity index (χ1) is 12.8. The SMILES string of the molecule is [B]C1=CC=C(c2cnc(C3C4CCC(C4)CN3C(=O)OC(C)(C)C)[nH]2)CC1. The third-order valence-electron chi connectivity index (χ3n) is 5.85. The van der Waals surface area contributed by atoms with Crippen LogP contribution in [0.25, 0.3) is 5.57 Å². The van der Waals surface area contributed by atoms with Crippen molar-refractivity contribution in [3.05, 3.63) is 35.3 Å². The van der Waals surface area contributed by atoms with E-state index in [-0.39, 0.29) is 12.1 Å². The molecule has 0 spiro atoms. The summed E-state index contributed by atoms with van der Waals surface area (Å²) in [7, 11) is 5.87. The Hall–Kier alpha value is -1.98. The van der Waals surface area contributed by atoms with E-state index in [4.69, 9.17) is 12.6 Å². The van der Waals surface area contributed by atoms with Gasteiger partial charge in [0.2, 0.25) is 0 Å². The molecule has 2 aliphatic carbocycles. The monoisotopic (exact) mass is 365 g/mol. The number of allylic oxidation sites excluding steroid dienone is 4. The van der Waals surface area contributed by atoms with Crippen molar-refractivity contribution < 1.29 is 9.53 Å². The molecule has 2 fully saturated rings. The second-order valence-corrected chi connectivity index (χ2v) is 9.13. The number of carbonyl (C=O) groups excluding carboxylic acids is 1. The molecule has 2 radical (unpaired) electrons. The number of imidazole rings is 1. The highest BCUT2D eigenvalue weighted by Gasteiger charge is 2.45. The number of ether oxygens (including phenoxy) is 1. The molecule has 1 saturated carbocycles. The number of piperidine rings is 1. The van der Waals surface area contributed by atoms with Crippen LogP contribution in [0.1, 0.15) is 70.4 Å². The van der Waals surface area contributed by atoms with E-state index in [2.05, 4.69) is 16.0 Å². The molecular weight excluding hydrogens is 337 g/mol. The van der Waals surface area contributed by atoms with Crippen LogP contribution >= 0.6 is 0 Å². The summed E-state index contributed by atoms with van der Waals surface area (Å²) >= 11 is 0. The van der Waals surface area contributed by atoms with Crippen LogP contribution < -0.4 is 0 Å². The summed E-state index contributed by atoms with van der Waals surface area (Å²) in [4.78, 5) is 23.0. The second kappa shape index (κ2) is 6.88. The molecule has 3 aliphatic rings. The van der Waals surface area contributed by atoms with Gasteiger partial charge in [0.05, 0.1) is 17.9 Å². The summed E-state index contributed by atoms with van der Waals surface area (Å²) in [5.74, 6) is 1.91. The van der Waals surface area contributed by atoms with Crippen LogP contribution in [0.3, 0.4) is 0 Å². The van der Waals surface area contributed by atoms with Crippen LogP contribution in [-0.2, 0) is 4.74 Å². The quantitative estimate of drug-likeness (QED) is 0.793. The molecule has 5 nitrogen and oxygen atoms in total. The van der Waals surface area contributed by atoms with E-state index in [0.29, 0.717) is 11.8 Å². The predicted octanol–water partition coefficient (Wildman–Crippen LogP) is 4.35. The van der Waals surface area contributed by atoms with E-state index < -0.39 is 5.60 Å². The van der Waals surface area contributed by atoms with Crippen LogP contribution in [0.2, 0.25) is 0 Å². The number of likely N-dealkylation sites (tertiary alicyclic amines) is 1. The Labute approximate surface area is 162 Å². The van der Waals surface area contributed by atoms with Crippen molar-refractivity contribution in [1.29, 1.82) is 0 Å². The van der Waals surface area contributed by atoms with E-state index in [1.165, 1.54) is 18.4 Å². The molecule has 1 aromatic heterocycles. The molecule has 27 heavy (non-hydrogen) atoms. The molecule has 4 rings (SSSR count). The van der Waals surface area contributed by atoms with Gasteiger partial charge in [-0.1, -0.05) is 12.2 Å². The van der Waals surface area contributed by atoms with Crippen molar-refractivity contribution in [1.82, 2.24) is 14.9 Å². The number of aromatic nitrogens is 2. The molecule has 3 atom stereocenters. The average molecular weight is 365 g/mol. The number of H-pyrrole nitrogens is 1. The molecule has 0 aromatic carbocycles. The minimum atomic E-state index is -0.494. The van der Waals surface area contributed by atoms with E-state index in [1.54, 1.807) is 0 Å². The lowest BCUT2D eigenvalue weighted by molar-refractivity contribution is -0.00266. The number of rotatable bonds is 2. The lowest BCUT2D eigenvalue weighted by atomic mass is 9.85. The van der Waals surface area contributed by atoms with E-state index in [0.717, 1.165) is 42.8 Å². The molecule has 2 heterocycles. The molecule has 3 unspecified atom stereocenters. The fourth-order valence-corrected chi connectivity index (χ4v) is 4.62. The predicted molar refractivity (Wildman–Crippen MR) is 106 cm³/mol. The Morgan fingerprint density at radius 2 is 2.11 bits per heavy atom. The van der Waals surface area contributed by atoms with Gasteiger partial charge in [0, 0.05) is 6.54 Å². The molecule has 2 bridgehead atoms. The fourth-order valence-electron chi connectivity index (χ4n) is 4.62. The number of hydrogen-bond donors (Lipinski definition) is 1. The summed E-state index contributed by atoms with van der Waals surface area (Å²) in [6.45, 7) is 6.50. The molecule has 1 N–H and O–H groups in total. The van der Waals surface area contributed by atoms with Crippen molar-refractivity contribution in [2.45, 2.75) is 64.5 Å². The van der Waals surface area contributed by atoms with Gasteiger partial charge in [-0.2, -0.15) is 0 Å². The lowest BCUT2D eigenvalue weighted by Gasteiger charge is -2.39. The molecule has 142 valence electrons. The fraction of sp³-hybridized carbons (Fsp3) is 0.619. The van der Waals surface area contributed by atoms with Gasteiger partial charge in [-0.15, -0.1) is 5.47 Å². The van der Waals surface area contributed by atoms with Gasteiger partial charge in [0.25, 0.3) is 0 Å². The Kier molecular flexibility index (Phi) is 4.69. The van der Waals surface area contributed by atoms with E-state index in [9.17, 15) is 4.79 Å². The summed E-state index contributed by atoms with van der Waals surface area (Å²) in [5.41, 5.74) is 2.66. The minimum absolute atomic E-state index is 0.0304. The minimum Gasteiger partial charge on any atom is -0.444 e. The summed E-state index contributed by atoms with van der Waals surface area (Å²) in [6.07, 6.45) is 11.0. The Bertz CT molecular complexity index is 790. The maximum Gasteiger partial charge on any atom is 0.410 e. The summed E-state index contributed by atoms with van der Waals surface area (Å²) < 4.78 is 5.70. The van der Waals surface area contributed by atoms with E-state index in [1.807, 2.05) is 37.9 Å². The number of aromatic amines is 1. The van der Waals surface area contributed by atoms with Crippen molar-refractivity contribution in [3.63, 3.8) is 0 Å². The highest BCUT2D eigenvalue weighted by Crippen LogP contribution is 2.47. The highest BCUT2D eigenvalue weighted by molar-refractivity contribution is 6.22. The van der Waals surface area contributed by atoms with Gasteiger partial charge in [0.1, 0.15) is 19.3 Å². The Morgan fingerprint density at radius 1 is 1.30 bits per heavy atom. The first-order valence-electron chi connectivity index (χ1n) is 10.0. The van der Waals surface area contributed by atoms with Gasteiger partial charge in [-0.05, 0) is 70.3 Å². The first kappa shape index (κ1) is 18.4. The third-order valence-corrected chi connectivity index (χ3v) is 5.85. The third kappa shape index (κ3) is 3.85. The molecular formula is C21H28BN3O2. The van der Waals surface area contributed by atoms with Crippen molar-refractivity contribution in [2.75, 3.05) is 6.54 Å². The van der Waals surface area contributed by atoms with Crippen LogP contribution in [0, 0.1) is 11.8 Å². The standard InChI is InChI=1S/C21H28BN3O2/c1-21(2,3)27-20(26)25-12-13-4-5-15(10-13)18(25)19-23-11-17(24-19)14-6-8-16(22)9-7-14/h6,8,11,13,15,18H,4-5,7,9-10,12H2,1-3H3,(H,23,24). The van der Waals surface area contributed by atoms with Gasteiger partial charge in [0.15, 0.2) is 0 Å². The zero-order valence-electron chi connectivity index (χ0n) is 16.5. The van der Waals surface area contributed by atoms with Crippen LogP contribution in [0.4, 0.5) is 4.79 Å². The lowest BCUT2D eigenvalue weighted by Crippen LogP contribution is -2.46. The van der Waals surface area contributed by atoms with Crippen LogP contribution in [-0.4, -0.2) is 41.0 Å². The van der Waals surface area contributed by atoms with Crippen LogP contribution in [0.5, 0.6) is 0 Å². The molecule has 1 saturated heterocycles. The van der Waals surface area contributed by atoms with Crippen LogP contribution in [0.15, 0.2) is 23.8 Å². The Balaban J connectivity index is 1.60. The van der Waals surface area contributed by atoms with Gasteiger partial charge < -0.3 is 9.72 Å². The molecule has 6 heteroatoms. The number of fused-ring (bicyclic) bond motifs is 2. The Morgan fingerprint density at radius 3 is 2.81 bits per heavy atom. The first-order valence-corrected chi connectivity index (χ1v) is 10.0. The smallest absolute Gasteiger partial charge is 0.410 e. The number of carbonyl (C=O) groups is 1. The van der Waals surface area contributed by atoms with Gasteiger partial charge >= 0.3 is 6.09 Å². The number of amides is 1. The van der Waals surface area contributed by atoms with E-state index >= 15 is 0 Å². The number of nitrogens with one attached hydrogen (secondary N) is 1. The average Bonchev–Trinajstić information content (AvgIpc) is 3.22.